The maximum atomic E-state index is 13.6. The average Bonchev–Trinajstić information content (AvgIpc) is 2.42. The minimum atomic E-state index is -1.03. The van der Waals surface area contributed by atoms with Crippen molar-refractivity contribution in [2.75, 3.05) is 33.4 Å². The van der Waals surface area contributed by atoms with Gasteiger partial charge in [-0.3, -0.25) is 0 Å². The SMILES string of the molecule is CN(CC1CCCOC1)CC(O)c1cccc(F)c1F. The zero-order chi connectivity index (χ0) is 14.5. The van der Waals surface area contributed by atoms with Crippen LogP contribution in [0.5, 0.6) is 0 Å². The Labute approximate surface area is 118 Å². The van der Waals surface area contributed by atoms with Crippen LogP contribution in [0.3, 0.4) is 0 Å². The van der Waals surface area contributed by atoms with E-state index in [1.807, 2.05) is 11.9 Å². The van der Waals surface area contributed by atoms with Gasteiger partial charge in [0.05, 0.1) is 12.7 Å². The molecule has 1 aromatic rings. The van der Waals surface area contributed by atoms with Crippen LogP contribution in [-0.2, 0) is 4.74 Å². The van der Waals surface area contributed by atoms with Crippen LogP contribution < -0.4 is 0 Å². The Kier molecular flexibility index (Phi) is 5.46. The standard InChI is InChI=1S/C15H21F2NO2/c1-18(8-11-4-3-7-20-10-11)9-14(19)12-5-2-6-13(16)15(12)17/h2,5-6,11,14,19H,3-4,7-10H2,1H3. The molecule has 0 bridgehead atoms. The summed E-state index contributed by atoms with van der Waals surface area (Å²) in [6.45, 7) is 2.61. The minimum absolute atomic E-state index is 0.0109. The van der Waals surface area contributed by atoms with Gasteiger partial charge < -0.3 is 14.7 Å². The maximum Gasteiger partial charge on any atom is 0.164 e. The molecule has 1 aromatic carbocycles. The Morgan fingerprint density at radius 1 is 1.45 bits per heavy atom. The van der Waals surface area contributed by atoms with Crippen LogP contribution >= 0.6 is 0 Å². The fourth-order valence-corrected chi connectivity index (χ4v) is 2.64. The van der Waals surface area contributed by atoms with Crippen molar-refractivity contribution < 1.29 is 18.6 Å². The second kappa shape index (κ2) is 7.11. The first kappa shape index (κ1) is 15.4. The summed E-state index contributed by atoms with van der Waals surface area (Å²) >= 11 is 0. The molecule has 0 spiro atoms. The Bertz CT molecular complexity index is 436. The van der Waals surface area contributed by atoms with Crippen molar-refractivity contribution in [3.05, 3.63) is 35.4 Å². The van der Waals surface area contributed by atoms with E-state index in [1.165, 1.54) is 12.1 Å². The van der Waals surface area contributed by atoms with Gasteiger partial charge in [0.2, 0.25) is 0 Å². The number of aliphatic hydroxyl groups is 1. The predicted octanol–water partition coefficient (Wildman–Crippen LogP) is 2.36. The van der Waals surface area contributed by atoms with Gasteiger partial charge in [0.25, 0.3) is 0 Å². The number of hydrogen-bond donors (Lipinski definition) is 1. The molecule has 1 heterocycles. The number of aliphatic hydroxyl groups excluding tert-OH is 1. The van der Waals surface area contributed by atoms with E-state index in [0.29, 0.717) is 5.92 Å². The maximum absolute atomic E-state index is 13.6. The first-order valence-corrected chi connectivity index (χ1v) is 6.96. The van der Waals surface area contributed by atoms with Crippen molar-refractivity contribution in [2.24, 2.45) is 5.92 Å². The molecule has 112 valence electrons. The quantitative estimate of drug-likeness (QED) is 0.901. The summed E-state index contributed by atoms with van der Waals surface area (Å²) in [4.78, 5) is 1.94. The molecule has 0 amide bonds. The molecule has 1 aliphatic rings. The first-order chi connectivity index (χ1) is 9.58. The Hall–Kier alpha value is -1.04. The van der Waals surface area contributed by atoms with Gasteiger partial charge in [-0.1, -0.05) is 12.1 Å². The van der Waals surface area contributed by atoms with Crippen molar-refractivity contribution in [1.29, 1.82) is 0 Å². The van der Waals surface area contributed by atoms with Crippen molar-refractivity contribution >= 4 is 0 Å². The van der Waals surface area contributed by atoms with Gasteiger partial charge in [-0.2, -0.15) is 0 Å². The molecule has 2 unspecified atom stereocenters. The number of hydrogen-bond acceptors (Lipinski definition) is 3. The Morgan fingerprint density at radius 3 is 2.95 bits per heavy atom. The summed E-state index contributed by atoms with van der Waals surface area (Å²) in [5.41, 5.74) is 0.0109. The highest BCUT2D eigenvalue weighted by Gasteiger charge is 2.20. The highest BCUT2D eigenvalue weighted by molar-refractivity contribution is 5.21. The minimum Gasteiger partial charge on any atom is -0.387 e. The number of nitrogens with zero attached hydrogens (tertiary/aromatic N) is 1. The van der Waals surface area contributed by atoms with E-state index in [9.17, 15) is 13.9 Å². The van der Waals surface area contributed by atoms with Gasteiger partial charge in [0.15, 0.2) is 11.6 Å². The van der Waals surface area contributed by atoms with Gasteiger partial charge in [-0.25, -0.2) is 8.78 Å². The van der Waals surface area contributed by atoms with E-state index >= 15 is 0 Å². The number of halogens is 2. The zero-order valence-electron chi connectivity index (χ0n) is 11.7. The number of ether oxygens (including phenoxy) is 1. The van der Waals surface area contributed by atoms with Crippen LogP contribution in [0, 0.1) is 17.6 Å². The molecular weight excluding hydrogens is 264 g/mol. The summed E-state index contributed by atoms with van der Waals surface area (Å²) in [6, 6.07) is 3.88. The van der Waals surface area contributed by atoms with Gasteiger partial charge >= 0.3 is 0 Å². The number of rotatable bonds is 5. The van der Waals surface area contributed by atoms with Crippen LogP contribution in [0.15, 0.2) is 18.2 Å². The van der Waals surface area contributed by atoms with Crippen LogP contribution in [-0.4, -0.2) is 43.4 Å². The molecule has 2 rings (SSSR count). The zero-order valence-corrected chi connectivity index (χ0v) is 11.7. The average molecular weight is 285 g/mol. The summed E-state index contributed by atoms with van der Waals surface area (Å²) in [7, 11) is 1.87. The first-order valence-electron chi connectivity index (χ1n) is 6.96. The van der Waals surface area contributed by atoms with Crippen molar-refractivity contribution in [3.8, 4) is 0 Å². The van der Waals surface area contributed by atoms with Crippen LogP contribution in [0.25, 0.3) is 0 Å². The number of benzene rings is 1. The van der Waals surface area contributed by atoms with Crippen molar-refractivity contribution in [3.63, 3.8) is 0 Å². The molecule has 1 aliphatic heterocycles. The lowest BCUT2D eigenvalue weighted by atomic mass is 10.0. The lowest BCUT2D eigenvalue weighted by Gasteiger charge is -2.28. The lowest BCUT2D eigenvalue weighted by molar-refractivity contribution is 0.0339. The monoisotopic (exact) mass is 285 g/mol. The molecule has 2 atom stereocenters. The van der Waals surface area contributed by atoms with E-state index in [4.69, 9.17) is 4.74 Å². The molecule has 20 heavy (non-hydrogen) atoms. The lowest BCUT2D eigenvalue weighted by Crippen LogP contribution is -2.33. The molecule has 0 saturated carbocycles. The van der Waals surface area contributed by atoms with E-state index in [2.05, 4.69) is 0 Å². The number of likely N-dealkylation sites (N-methyl/N-ethyl adjacent to an activating group) is 1. The second-order valence-corrected chi connectivity index (χ2v) is 5.46. The fourth-order valence-electron chi connectivity index (χ4n) is 2.64. The third-order valence-electron chi connectivity index (χ3n) is 3.65. The second-order valence-electron chi connectivity index (χ2n) is 5.46. The fraction of sp³-hybridized carbons (Fsp3) is 0.600. The summed E-state index contributed by atoms with van der Waals surface area (Å²) in [5, 5.41) is 10.0. The summed E-state index contributed by atoms with van der Waals surface area (Å²) in [5.74, 6) is -1.45. The van der Waals surface area contributed by atoms with Crippen molar-refractivity contribution in [2.45, 2.75) is 18.9 Å². The summed E-state index contributed by atoms with van der Waals surface area (Å²) < 4.78 is 32.1. The topological polar surface area (TPSA) is 32.7 Å². The Morgan fingerprint density at radius 2 is 2.25 bits per heavy atom. The van der Waals surface area contributed by atoms with Crippen LogP contribution in [0.4, 0.5) is 8.78 Å². The van der Waals surface area contributed by atoms with Gasteiger partial charge in [0, 0.05) is 25.3 Å². The molecule has 3 nitrogen and oxygen atoms in total. The van der Waals surface area contributed by atoms with Gasteiger partial charge in [-0.05, 0) is 31.9 Å². The molecule has 1 N–H and O–H groups in total. The molecular formula is C15H21F2NO2. The molecule has 5 heteroatoms. The van der Waals surface area contributed by atoms with E-state index < -0.39 is 17.7 Å². The van der Waals surface area contributed by atoms with Crippen molar-refractivity contribution in [1.82, 2.24) is 4.90 Å². The largest absolute Gasteiger partial charge is 0.387 e. The molecule has 1 saturated heterocycles. The van der Waals surface area contributed by atoms with Gasteiger partial charge in [0.1, 0.15) is 0 Å². The normalized spacial score (nSPS) is 21.1. The molecule has 1 fully saturated rings. The third-order valence-corrected chi connectivity index (χ3v) is 3.65. The summed E-state index contributed by atoms with van der Waals surface area (Å²) in [6.07, 6.45) is 1.13. The predicted molar refractivity (Wildman–Crippen MR) is 72.4 cm³/mol. The van der Waals surface area contributed by atoms with E-state index in [-0.39, 0.29) is 12.1 Å². The Balaban J connectivity index is 1.89. The van der Waals surface area contributed by atoms with E-state index in [0.717, 1.165) is 38.7 Å². The van der Waals surface area contributed by atoms with E-state index in [1.54, 1.807) is 0 Å². The highest BCUT2D eigenvalue weighted by Crippen LogP contribution is 2.21. The smallest absolute Gasteiger partial charge is 0.164 e. The molecule has 0 aromatic heterocycles. The molecule has 0 radical (unpaired) electrons. The van der Waals surface area contributed by atoms with Crippen LogP contribution in [0.2, 0.25) is 0 Å². The molecule has 0 aliphatic carbocycles. The van der Waals surface area contributed by atoms with Crippen LogP contribution in [0.1, 0.15) is 24.5 Å². The highest BCUT2D eigenvalue weighted by atomic mass is 19.2. The van der Waals surface area contributed by atoms with Gasteiger partial charge in [-0.15, -0.1) is 0 Å². The third kappa shape index (κ3) is 3.98.